The van der Waals surface area contributed by atoms with Crippen molar-refractivity contribution in [2.45, 2.75) is 26.2 Å². The van der Waals surface area contributed by atoms with Gasteiger partial charge in [0, 0.05) is 5.56 Å². The first-order valence-corrected chi connectivity index (χ1v) is 8.05. The van der Waals surface area contributed by atoms with E-state index in [9.17, 15) is 18.8 Å². The second kappa shape index (κ2) is 7.91. The molecule has 0 atom stereocenters. The molecule has 2 aromatic rings. The zero-order valence-electron chi connectivity index (χ0n) is 14.8. The molecule has 0 saturated carbocycles. The average Bonchev–Trinajstić information content (AvgIpc) is 2.59. The zero-order valence-corrected chi connectivity index (χ0v) is 14.8. The molecule has 0 aliphatic heterocycles. The molecule has 0 heterocycles. The number of benzene rings is 2. The molecule has 26 heavy (non-hydrogen) atoms. The minimum absolute atomic E-state index is 0.0499. The van der Waals surface area contributed by atoms with E-state index < -0.39 is 30.2 Å². The minimum atomic E-state index is -0.972. The van der Waals surface area contributed by atoms with Crippen LogP contribution in [0.25, 0.3) is 0 Å². The number of amides is 2. The molecule has 2 rings (SSSR count). The van der Waals surface area contributed by atoms with Crippen molar-refractivity contribution in [1.82, 2.24) is 5.32 Å². The first-order chi connectivity index (χ1) is 12.2. The van der Waals surface area contributed by atoms with E-state index in [2.05, 4.69) is 26.1 Å². The Labute approximate surface area is 151 Å². The molecular formula is C20H20FNO4. The molecule has 136 valence electrons. The third kappa shape index (κ3) is 4.99. The van der Waals surface area contributed by atoms with E-state index in [0.717, 1.165) is 11.6 Å². The summed E-state index contributed by atoms with van der Waals surface area (Å²) in [5.74, 6) is -3.11. The monoisotopic (exact) mass is 357 g/mol. The number of rotatable bonds is 4. The van der Waals surface area contributed by atoms with Crippen LogP contribution in [-0.4, -0.2) is 24.4 Å². The number of imide groups is 1. The van der Waals surface area contributed by atoms with Crippen molar-refractivity contribution in [1.29, 1.82) is 0 Å². The molecule has 6 heteroatoms. The van der Waals surface area contributed by atoms with Crippen molar-refractivity contribution in [3.63, 3.8) is 0 Å². The highest BCUT2D eigenvalue weighted by Crippen LogP contribution is 2.22. The van der Waals surface area contributed by atoms with E-state index in [0.29, 0.717) is 5.56 Å². The van der Waals surface area contributed by atoms with Crippen molar-refractivity contribution in [3.8, 4) is 0 Å². The molecular weight excluding hydrogens is 337 g/mol. The first kappa shape index (κ1) is 19.3. The Morgan fingerprint density at radius 1 is 1.00 bits per heavy atom. The van der Waals surface area contributed by atoms with Crippen LogP contribution in [0.2, 0.25) is 0 Å². The lowest BCUT2D eigenvalue weighted by Crippen LogP contribution is -2.34. The van der Waals surface area contributed by atoms with Crippen LogP contribution in [0.1, 0.15) is 47.1 Å². The summed E-state index contributed by atoms with van der Waals surface area (Å²) in [4.78, 5) is 35.6. The number of carbonyl (C=O) groups excluding carboxylic acids is 3. The number of hydrogen-bond acceptors (Lipinski definition) is 4. The van der Waals surface area contributed by atoms with Crippen molar-refractivity contribution >= 4 is 17.8 Å². The maximum Gasteiger partial charge on any atom is 0.341 e. The maximum absolute atomic E-state index is 13.5. The number of halogens is 1. The van der Waals surface area contributed by atoms with Gasteiger partial charge in [-0.2, -0.15) is 0 Å². The molecule has 0 radical (unpaired) electrons. The van der Waals surface area contributed by atoms with Gasteiger partial charge in [0.1, 0.15) is 5.82 Å². The van der Waals surface area contributed by atoms with Gasteiger partial charge in [-0.25, -0.2) is 9.18 Å². The number of ether oxygens (including phenoxy) is 1. The number of esters is 1. The maximum atomic E-state index is 13.5. The smallest absolute Gasteiger partial charge is 0.341 e. The minimum Gasteiger partial charge on any atom is -0.452 e. The van der Waals surface area contributed by atoms with Crippen LogP contribution in [0.15, 0.2) is 48.5 Å². The molecule has 0 saturated heterocycles. The molecule has 0 spiro atoms. The molecule has 0 aliphatic rings. The second-order valence-corrected chi connectivity index (χ2v) is 6.76. The molecule has 1 N–H and O–H groups in total. The van der Waals surface area contributed by atoms with E-state index in [1.165, 1.54) is 18.2 Å². The summed E-state index contributed by atoms with van der Waals surface area (Å²) in [5, 5.41) is 2.13. The van der Waals surface area contributed by atoms with Crippen molar-refractivity contribution in [2.75, 3.05) is 6.61 Å². The fourth-order valence-electron chi connectivity index (χ4n) is 2.19. The molecule has 0 aromatic heterocycles. The van der Waals surface area contributed by atoms with Gasteiger partial charge in [-0.1, -0.05) is 45.0 Å². The lowest BCUT2D eigenvalue weighted by Gasteiger charge is -2.19. The molecule has 0 fully saturated rings. The molecule has 2 aromatic carbocycles. The highest BCUT2D eigenvalue weighted by molar-refractivity contribution is 6.05. The standard InChI is InChI=1S/C20H20FNO4/c1-20(2,3)14-10-8-13(9-11-14)18(24)22-17(23)12-26-19(25)15-6-4-5-7-16(15)21/h4-11H,12H2,1-3H3,(H,22,23,24). The number of nitrogens with one attached hydrogen (secondary N) is 1. The van der Waals surface area contributed by atoms with E-state index in [1.54, 1.807) is 12.1 Å². The largest absolute Gasteiger partial charge is 0.452 e. The quantitative estimate of drug-likeness (QED) is 0.853. The Bertz CT molecular complexity index is 822. The molecule has 2 amide bonds. The van der Waals surface area contributed by atoms with Crippen molar-refractivity contribution < 1.29 is 23.5 Å². The van der Waals surface area contributed by atoms with Crippen LogP contribution in [0, 0.1) is 5.82 Å². The summed E-state index contributed by atoms with van der Waals surface area (Å²) >= 11 is 0. The Morgan fingerprint density at radius 3 is 2.19 bits per heavy atom. The van der Waals surface area contributed by atoms with Gasteiger partial charge in [-0.15, -0.1) is 0 Å². The fourth-order valence-corrected chi connectivity index (χ4v) is 2.19. The molecule has 5 nitrogen and oxygen atoms in total. The summed E-state index contributed by atoms with van der Waals surface area (Å²) in [6, 6.07) is 12.1. The van der Waals surface area contributed by atoms with Crippen molar-refractivity contribution in [3.05, 3.63) is 71.0 Å². The lowest BCUT2D eigenvalue weighted by atomic mass is 9.87. The highest BCUT2D eigenvalue weighted by Gasteiger charge is 2.17. The first-order valence-electron chi connectivity index (χ1n) is 8.05. The zero-order chi connectivity index (χ0) is 19.3. The van der Waals surface area contributed by atoms with Crippen LogP contribution in [0.5, 0.6) is 0 Å². The third-order valence-corrected chi connectivity index (χ3v) is 3.69. The van der Waals surface area contributed by atoms with Gasteiger partial charge < -0.3 is 4.74 Å². The van der Waals surface area contributed by atoms with E-state index in [1.807, 2.05) is 12.1 Å². The topological polar surface area (TPSA) is 72.5 Å². The van der Waals surface area contributed by atoms with Gasteiger partial charge in [0.15, 0.2) is 6.61 Å². The molecule has 0 aliphatic carbocycles. The van der Waals surface area contributed by atoms with Gasteiger partial charge in [0.25, 0.3) is 11.8 Å². The Kier molecular flexibility index (Phi) is 5.87. The molecule has 0 unspecified atom stereocenters. The van der Waals surface area contributed by atoms with Crippen molar-refractivity contribution in [2.24, 2.45) is 0 Å². The summed E-state index contributed by atoms with van der Waals surface area (Å²) in [5.41, 5.74) is 1.04. The van der Waals surface area contributed by atoms with Crippen LogP contribution in [0.3, 0.4) is 0 Å². The van der Waals surface area contributed by atoms with Gasteiger partial charge in [0.2, 0.25) is 0 Å². The Hall–Kier alpha value is -3.02. The highest BCUT2D eigenvalue weighted by atomic mass is 19.1. The second-order valence-electron chi connectivity index (χ2n) is 6.76. The summed E-state index contributed by atoms with van der Waals surface area (Å²) < 4.78 is 18.2. The average molecular weight is 357 g/mol. The third-order valence-electron chi connectivity index (χ3n) is 3.69. The predicted molar refractivity (Wildman–Crippen MR) is 94.3 cm³/mol. The van der Waals surface area contributed by atoms with E-state index >= 15 is 0 Å². The Morgan fingerprint density at radius 2 is 1.62 bits per heavy atom. The van der Waals surface area contributed by atoms with Gasteiger partial charge in [-0.3, -0.25) is 14.9 Å². The van der Waals surface area contributed by atoms with Crippen LogP contribution >= 0.6 is 0 Å². The van der Waals surface area contributed by atoms with Crippen LogP contribution in [-0.2, 0) is 14.9 Å². The summed E-state index contributed by atoms with van der Waals surface area (Å²) in [7, 11) is 0. The lowest BCUT2D eigenvalue weighted by molar-refractivity contribution is -0.123. The fraction of sp³-hybridized carbons (Fsp3) is 0.250. The Balaban J connectivity index is 1.90. The van der Waals surface area contributed by atoms with E-state index in [-0.39, 0.29) is 11.0 Å². The van der Waals surface area contributed by atoms with Gasteiger partial charge in [0.05, 0.1) is 5.56 Å². The van der Waals surface area contributed by atoms with Crippen LogP contribution in [0.4, 0.5) is 4.39 Å². The normalized spacial score (nSPS) is 10.9. The summed E-state index contributed by atoms with van der Waals surface area (Å²) in [6.07, 6.45) is 0. The number of hydrogen-bond donors (Lipinski definition) is 1. The van der Waals surface area contributed by atoms with Gasteiger partial charge >= 0.3 is 5.97 Å². The number of carbonyl (C=O) groups is 3. The van der Waals surface area contributed by atoms with E-state index in [4.69, 9.17) is 4.74 Å². The molecule has 0 bridgehead atoms. The SMILES string of the molecule is CC(C)(C)c1ccc(C(=O)NC(=O)COC(=O)c2ccccc2F)cc1. The van der Waals surface area contributed by atoms with Crippen LogP contribution < -0.4 is 5.32 Å². The summed E-state index contributed by atoms with van der Waals surface area (Å²) in [6.45, 7) is 5.47. The predicted octanol–water partition coefficient (Wildman–Crippen LogP) is 3.24. The van der Waals surface area contributed by atoms with Gasteiger partial charge in [-0.05, 0) is 35.2 Å².